The summed E-state index contributed by atoms with van der Waals surface area (Å²) in [6.07, 6.45) is -0.577. The second-order valence-corrected chi connectivity index (χ2v) is 5.38. The molecule has 112 valence electrons. The number of aromatic amines is 1. The first-order valence-corrected chi connectivity index (χ1v) is 6.65. The van der Waals surface area contributed by atoms with Gasteiger partial charge in [-0.1, -0.05) is 0 Å². The number of aliphatic hydroxyl groups is 1. The van der Waals surface area contributed by atoms with E-state index in [4.69, 9.17) is 20.4 Å². The normalized spacial score (nSPS) is 33.5. The van der Waals surface area contributed by atoms with Crippen molar-refractivity contribution < 1.29 is 14.5 Å². The number of aromatic nitrogens is 4. The molecule has 0 amide bonds. The van der Waals surface area contributed by atoms with Crippen molar-refractivity contribution in [2.24, 2.45) is 0 Å². The quantitative estimate of drug-likeness (QED) is 0.423. The maximum absolute atomic E-state index is 11.8. The number of hydrogen-bond acceptors (Lipinski definition) is 8. The molecule has 22 heavy (non-hydrogen) atoms. The van der Waals surface area contributed by atoms with Crippen molar-refractivity contribution in [3.8, 4) is 6.07 Å². The Balaban J connectivity index is 1.72. The van der Waals surface area contributed by atoms with E-state index in [1.54, 1.807) is 0 Å². The zero-order chi connectivity index (χ0) is 15.5. The fourth-order valence-electron chi connectivity index (χ4n) is 2.77. The smallest absolute Gasteiger partial charge is 0.329 e. The van der Waals surface area contributed by atoms with Crippen molar-refractivity contribution in [3.05, 3.63) is 16.7 Å². The zero-order valence-corrected chi connectivity index (χ0v) is 11.3. The van der Waals surface area contributed by atoms with Crippen molar-refractivity contribution in [1.29, 1.82) is 5.26 Å². The number of nitrogens with one attached hydrogen (secondary N) is 1. The van der Waals surface area contributed by atoms with Crippen LogP contribution in [0.2, 0.25) is 0 Å². The highest BCUT2D eigenvalue weighted by Crippen LogP contribution is 2.41. The van der Waals surface area contributed by atoms with Crippen LogP contribution in [-0.2, 0) is 9.39 Å². The van der Waals surface area contributed by atoms with Gasteiger partial charge >= 0.3 is 7.48 Å². The average Bonchev–Trinajstić information content (AvgIpc) is 3.00. The molecule has 10 nitrogen and oxygen atoms in total. The van der Waals surface area contributed by atoms with Gasteiger partial charge in [0.25, 0.3) is 5.56 Å². The summed E-state index contributed by atoms with van der Waals surface area (Å²) in [5, 5.41) is 19.3. The summed E-state index contributed by atoms with van der Waals surface area (Å²) < 4.78 is 12.4. The molecule has 2 aromatic heterocycles. The Labute approximate surface area is 123 Å². The number of anilines is 1. The number of nitrogens with two attached hydrogens (primary N) is 1. The van der Waals surface area contributed by atoms with E-state index < -0.39 is 29.5 Å². The number of ether oxygens (including phenoxy) is 1. The molecule has 2 aliphatic heterocycles. The van der Waals surface area contributed by atoms with Gasteiger partial charge in [-0.15, -0.1) is 0 Å². The van der Waals surface area contributed by atoms with Crippen molar-refractivity contribution in [1.82, 2.24) is 19.5 Å². The van der Waals surface area contributed by atoms with E-state index >= 15 is 0 Å². The highest BCUT2D eigenvalue weighted by molar-refractivity contribution is 6.44. The number of nitrogens with zero attached hydrogens (tertiary/aromatic N) is 4. The maximum Gasteiger partial charge on any atom is 0.329 e. The maximum atomic E-state index is 11.8. The van der Waals surface area contributed by atoms with Gasteiger partial charge < -0.3 is 20.2 Å². The van der Waals surface area contributed by atoms with Gasteiger partial charge in [-0.3, -0.25) is 14.3 Å². The number of nitriles is 1. The van der Waals surface area contributed by atoms with Crippen LogP contribution in [0.25, 0.3) is 11.2 Å². The molecule has 4 heterocycles. The predicted octanol–water partition coefficient (Wildman–Crippen LogP) is -2.05. The highest BCUT2D eigenvalue weighted by atomic mass is 16.6. The minimum Gasteiger partial charge on any atom is -0.420 e. The second-order valence-electron chi connectivity index (χ2n) is 5.38. The number of H-pyrrole nitrogens is 1. The van der Waals surface area contributed by atoms with Gasteiger partial charge in [-0.05, 0) is 0 Å². The van der Waals surface area contributed by atoms with E-state index in [0.29, 0.717) is 0 Å². The number of nitrogen functional groups attached to an aromatic ring is 1. The molecule has 0 aromatic carbocycles. The summed E-state index contributed by atoms with van der Waals surface area (Å²) in [4.78, 5) is 22.2. The van der Waals surface area contributed by atoms with Crippen molar-refractivity contribution in [3.63, 3.8) is 0 Å². The SMILES string of the molecule is N#CC1([C@H]2O[C@@H](n3cnc4c(=O)[nH]c(N)nc43)C[C@@H]2O)BO1. The lowest BCUT2D eigenvalue weighted by Gasteiger charge is -2.18. The first kappa shape index (κ1) is 13.3. The molecule has 4 atom stereocenters. The summed E-state index contributed by atoms with van der Waals surface area (Å²) >= 11 is 0. The van der Waals surface area contributed by atoms with Gasteiger partial charge in [0.05, 0.1) is 18.5 Å². The number of hydrogen-bond donors (Lipinski definition) is 3. The van der Waals surface area contributed by atoms with Gasteiger partial charge in [0.1, 0.15) is 12.3 Å². The van der Waals surface area contributed by atoms with Crippen LogP contribution in [-0.4, -0.2) is 49.8 Å². The van der Waals surface area contributed by atoms with E-state index in [9.17, 15) is 9.90 Å². The Hall–Kier alpha value is -2.42. The molecule has 0 bridgehead atoms. The fourth-order valence-corrected chi connectivity index (χ4v) is 2.77. The van der Waals surface area contributed by atoms with Crippen molar-refractivity contribution in [2.45, 2.75) is 30.4 Å². The topological polar surface area (TPSA) is 155 Å². The Morgan fingerprint density at radius 1 is 1.68 bits per heavy atom. The number of aliphatic hydroxyl groups excluding tert-OH is 1. The fraction of sp³-hybridized carbons (Fsp3) is 0.455. The molecule has 4 N–H and O–H groups in total. The Morgan fingerprint density at radius 3 is 3.14 bits per heavy atom. The van der Waals surface area contributed by atoms with Crippen LogP contribution in [0.3, 0.4) is 0 Å². The molecule has 4 rings (SSSR count). The van der Waals surface area contributed by atoms with Crippen molar-refractivity contribution >= 4 is 24.6 Å². The Morgan fingerprint density at radius 2 is 2.45 bits per heavy atom. The summed E-state index contributed by atoms with van der Waals surface area (Å²) in [6, 6.07) is 2.02. The standard InChI is InChI=1S/C11H11BN6O4/c13-2-11(12-22-11)7-4(19)1-5(21-7)18-3-15-6-8(18)16-10(14)17-9(6)20/h3-5,7,12,19H,1H2,(H3,14,16,17,20)/t4-,5+,7-,11?/m0/s1. The highest BCUT2D eigenvalue weighted by Gasteiger charge is 2.60. The molecule has 0 spiro atoms. The lowest BCUT2D eigenvalue weighted by Crippen LogP contribution is -2.37. The molecular formula is C11H11BN6O4. The Bertz CT molecular complexity index is 852. The largest absolute Gasteiger partial charge is 0.420 e. The minimum absolute atomic E-state index is 0.0339. The first-order valence-electron chi connectivity index (χ1n) is 6.65. The zero-order valence-electron chi connectivity index (χ0n) is 11.3. The first-order chi connectivity index (χ1) is 10.5. The molecule has 0 aliphatic carbocycles. The van der Waals surface area contributed by atoms with E-state index in [1.165, 1.54) is 10.9 Å². The van der Waals surface area contributed by atoms with Crippen molar-refractivity contribution in [2.75, 3.05) is 5.73 Å². The van der Waals surface area contributed by atoms with Crippen LogP contribution in [0.5, 0.6) is 0 Å². The third kappa shape index (κ3) is 1.75. The number of rotatable bonds is 2. The molecule has 2 fully saturated rings. The minimum atomic E-state index is -1.09. The summed E-state index contributed by atoms with van der Waals surface area (Å²) in [5.74, 6) is -0.0339. The van der Waals surface area contributed by atoms with E-state index in [2.05, 4.69) is 15.0 Å². The van der Waals surface area contributed by atoms with Crippen LogP contribution >= 0.6 is 0 Å². The molecule has 11 heteroatoms. The van der Waals surface area contributed by atoms with Crippen LogP contribution < -0.4 is 11.3 Å². The third-order valence-corrected chi connectivity index (χ3v) is 3.96. The van der Waals surface area contributed by atoms with Crippen LogP contribution in [0.1, 0.15) is 12.6 Å². The van der Waals surface area contributed by atoms with Crippen LogP contribution in [0.15, 0.2) is 11.1 Å². The molecule has 2 aliphatic rings. The predicted molar refractivity (Wildman–Crippen MR) is 73.7 cm³/mol. The van der Waals surface area contributed by atoms with Gasteiger partial charge in [0.15, 0.2) is 16.7 Å². The molecule has 0 saturated carbocycles. The Kier molecular flexibility index (Phi) is 2.59. The van der Waals surface area contributed by atoms with E-state index in [0.717, 1.165) is 0 Å². The summed E-state index contributed by atoms with van der Waals surface area (Å²) in [7, 11) is 0.230. The molecule has 0 radical (unpaired) electrons. The summed E-state index contributed by atoms with van der Waals surface area (Å²) in [5.41, 5.74) is 4.41. The van der Waals surface area contributed by atoms with Gasteiger partial charge in [-0.2, -0.15) is 10.2 Å². The van der Waals surface area contributed by atoms with Gasteiger partial charge in [0, 0.05) is 6.42 Å². The average molecular weight is 302 g/mol. The molecular weight excluding hydrogens is 291 g/mol. The molecule has 1 unspecified atom stereocenters. The monoisotopic (exact) mass is 302 g/mol. The molecule has 2 saturated heterocycles. The third-order valence-electron chi connectivity index (χ3n) is 3.96. The summed E-state index contributed by atoms with van der Waals surface area (Å²) in [6.45, 7) is 0. The number of imidazole rings is 1. The lowest BCUT2D eigenvalue weighted by molar-refractivity contribution is -0.0447. The van der Waals surface area contributed by atoms with E-state index in [-0.39, 0.29) is 31.0 Å². The molecule has 2 aromatic rings. The van der Waals surface area contributed by atoms with Crippen LogP contribution in [0, 0.1) is 11.3 Å². The van der Waals surface area contributed by atoms with Crippen LogP contribution in [0.4, 0.5) is 5.95 Å². The second kappa shape index (κ2) is 4.29. The van der Waals surface area contributed by atoms with Gasteiger partial charge in [-0.25, -0.2) is 4.98 Å². The van der Waals surface area contributed by atoms with E-state index in [1.807, 2.05) is 6.07 Å². The van der Waals surface area contributed by atoms with Gasteiger partial charge in [0.2, 0.25) is 5.95 Å². The number of fused-ring (bicyclic) bond motifs is 1. The lowest BCUT2D eigenvalue weighted by atomic mass is 9.82.